The van der Waals surface area contributed by atoms with E-state index in [0.29, 0.717) is 39.8 Å². The number of aromatic nitrogens is 6. The van der Waals surface area contributed by atoms with Crippen LogP contribution in [0.25, 0.3) is 23.0 Å². The monoisotopic (exact) mass is 580 g/mol. The number of halogens is 1. The van der Waals surface area contributed by atoms with Gasteiger partial charge in [0.15, 0.2) is 0 Å². The molecule has 12 heteroatoms. The molecule has 2 heterocycles. The van der Waals surface area contributed by atoms with Crippen molar-refractivity contribution < 1.29 is 14.7 Å². The molecule has 1 unspecified atom stereocenters. The molecule has 2 aromatic heterocycles. The maximum atomic E-state index is 13.3. The van der Waals surface area contributed by atoms with Crippen LogP contribution in [-0.2, 0) is 11.2 Å². The molecule has 0 bridgehead atoms. The van der Waals surface area contributed by atoms with Gasteiger partial charge in [0.1, 0.15) is 6.33 Å². The number of rotatable bonds is 9. The number of hydrogen-bond acceptors (Lipinski definition) is 7. The summed E-state index contributed by atoms with van der Waals surface area (Å²) >= 11 is 6.22. The molecule has 0 saturated carbocycles. The first-order valence-corrected chi connectivity index (χ1v) is 13.2. The van der Waals surface area contributed by atoms with Gasteiger partial charge in [-0.2, -0.15) is 14.9 Å². The third-order valence-corrected chi connectivity index (χ3v) is 6.66. The van der Waals surface area contributed by atoms with E-state index in [9.17, 15) is 9.59 Å². The third kappa shape index (κ3) is 7.01. The zero-order valence-electron chi connectivity index (χ0n) is 22.3. The van der Waals surface area contributed by atoms with Crippen LogP contribution >= 0.6 is 11.6 Å². The van der Waals surface area contributed by atoms with Crippen molar-refractivity contribution >= 4 is 35.4 Å². The van der Waals surface area contributed by atoms with Crippen LogP contribution in [0.4, 0.5) is 10.5 Å². The van der Waals surface area contributed by atoms with E-state index in [2.05, 4.69) is 36.4 Å². The second-order valence-corrected chi connectivity index (χ2v) is 9.76. The largest absolute Gasteiger partial charge is 0.465 e. The highest BCUT2D eigenvalue weighted by Gasteiger charge is 2.19. The highest BCUT2D eigenvalue weighted by Crippen LogP contribution is 2.27. The van der Waals surface area contributed by atoms with Gasteiger partial charge in [-0.3, -0.25) is 10.1 Å². The minimum atomic E-state index is -1.14. The summed E-state index contributed by atoms with van der Waals surface area (Å²) in [4.78, 5) is 24.2. The molecular weight excluding hydrogens is 556 g/mol. The number of hydrogen-bond donors (Lipinski definition) is 3. The zero-order valence-corrected chi connectivity index (χ0v) is 23.1. The van der Waals surface area contributed by atoms with Crippen LogP contribution in [-0.4, -0.2) is 47.5 Å². The predicted octanol–water partition coefficient (Wildman–Crippen LogP) is 5.28. The standard InChI is InChI=1S/C30H25ClN8O3/c1-19-25(17-26(36-35-19)21-7-11-24(12-8-21)33-30(41)42)27(15-20-5-3-2-4-6-20)34-29(40)14-9-22-16-23(31)10-13-28(22)39-18-32-37-38-39/h2-14,16-18,27,33H,15H2,1H3,(H,34,40)(H,41,42). The molecule has 0 spiro atoms. The Hall–Kier alpha value is -5.42. The number of aryl methyl sites for hydroxylation is 1. The van der Waals surface area contributed by atoms with E-state index >= 15 is 0 Å². The van der Waals surface area contributed by atoms with Gasteiger partial charge in [0, 0.05) is 33.5 Å². The molecule has 3 aromatic carbocycles. The normalized spacial score (nSPS) is 11.8. The van der Waals surface area contributed by atoms with Crippen molar-refractivity contribution in [2.24, 2.45) is 0 Å². The molecular formula is C30H25ClN8O3. The van der Waals surface area contributed by atoms with Crippen LogP contribution in [0.15, 0.2) is 91.3 Å². The molecule has 11 nitrogen and oxygen atoms in total. The maximum Gasteiger partial charge on any atom is 0.409 e. The first kappa shape index (κ1) is 28.1. The molecule has 0 aliphatic heterocycles. The summed E-state index contributed by atoms with van der Waals surface area (Å²) in [6.07, 6.45) is 3.94. The van der Waals surface area contributed by atoms with E-state index in [1.807, 2.05) is 43.3 Å². The second kappa shape index (κ2) is 12.8. The summed E-state index contributed by atoms with van der Waals surface area (Å²) in [6.45, 7) is 1.84. The molecule has 0 aliphatic carbocycles. The number of carbonyl (C=O) groups excluding carboxylic acids is 1. The molecule has 0 aliphatic rings. The van der Waals surface area contributed by atoms with Crippen LogP contribution in [0.1, 0.15) is 28.4 Å². The van der Waals surface area contributed by atoms with Crippen LogP contribution < -0.4 is 10.6 Å². The lowest BCUT2D eigenvalue weighted by Crippen LogP contribution is -2.29. The molecule has 42 heavy (non-hydrogen) atoms. The minimum Gasteiger partial charge on any atom is -0.465 e. The molecule has 0 saturated heterocycles. The van der Waals surface area contributed by atoms with Gasteiger partial charge in [-0.1, -0.05) is 54.1 Å². The summed E-state index contributed by atoms with van der Waals surface area (Å²) in [5.74, 6) is -0.319. The van der Waals surface area contributed by atoms with Crippen LogP contribution in [0.3, 0.4) is 0 Å². The molecule has 5 aromatic rings. The quantitative estimate of drug-likeness (QED) is 0.199. The maximum absolute atomic E-state index is 13.3. The number of nitrogens with one attached hydrogen (secondary N) is 2. The van der Waals surface area contributed by atoms with Crippen molar-refractivity contribution in [1.29, 1.82) is 0 Å². The van der Waals surface area contributed by atoms with E-state index in [-0.39, 0.29) is 5.91 Å². The van der Waals surface area contributed by atoms with Crippen LogP contribution in [0, 0.1) is 6.92 Å². The fourth-order valence-corrected chi connectivity index (χ4v) is 4.60. The van der Waals surface area contributed by atoms with Crippen molar-refractivity contribution in [2.45, 2.75) is 19.4 Å². The molecule has 0 fully saturated rings. The van der Waals surface area contributed by atoms with E-state index < -0.39 is 12.1 Å². The predicted molar refractivity (Wildman–Crippen MR) is 158 cm³/mol. The van der Waals surface area contributed by atoms with Crippen molar-refractivity contribution in [3.8, 4) is 16.9 Å². The van der Waals surface area contributed by atoms with E-state index in [1.165, 1.54) is 17.1 Å². The van der Waals surface area contributed by atoms with Gasteiger partial charge >= 0.3 is 6.09 Å². The Morgan fingerprint density at radius 3 is 2.52 bits per heavy atom. The lowest BCUT2D eigenvalue weighted by atomic mass is 9.96. The van der Waals surface area contributed by atoms with Gasteiger partial charge in [-0.05, 0) is 71.8 Å². The van der Waals surface area contributed by atoms with E-state index in [0.717, 1.165) is 16.7 Å². The molecule has 1 atom stereocenters. The Kier molecular flexibility index (Phi) is 8.59. The van der Waals surface area contributed by atoms with Gasteiger partial charge in [0.2, 0.25) is 5.91 Å². The number of amides is 2. The molecule has 5 rings (SSSR count). The number of carbonyl (C=O) groups is 2. The van der Waals surface area contributed by atoms with Gasteiger partial charge in [-0.15, -0.1) is 5.10 Å². The highest BCUT2D eigenvalue weighted by atomic mass is 35.5. The SMILES string of the molecule is Cc1nnc(-c2ccc(NC(=O)O)cc2)cc1C(Cc1ccccc1)NC(=O)C=Cc1cc(Cl)ccc1-n1cnnn1. The second-order valence-electron chi connectivity index (χ2n) is 9.32. The smallest absolute Gasteiger partial charge is 0.409 e. The third-order valence-electron chi connectivity index (χ3n) is 6.42. The first-order chi connectivity index (χ1) is 20.4. The number of tetrazole rings is 1. The summed E-state index contributed by atoms with van der Waals surface area (Å²) < 4.78 is 1.49. The van der Waals surface area contributed by atoms with Gasteiger partial charge < -0.3 is 10.4 Å². The van der Waals surface area contributed by atoms with Gasteiger partial charge in [0.25, 0.3) is 0 Å². The lowest BCUT2D eigenvalue weighted by molar-refractivity contribution is -0.117. The Morgan fingerprint density at radius 2 is 1.81 bits per heavy atom. The van der Waals surface area contributed by atoms with Gasteiger partial charge in [0.05, 0.1) is 23.1 Å². The Labute approximate surface area is 245 Å². The van der Waals surface area contributed by atoms with Crippen molar-refractivity contribution in [3.63, 3.8) is 0 Å². The van der Waals surface area contributed by atoms with Gasteiger partial charge in [-0.25, -0.2) is 4.79 Å². The minimum absolute atomic E-state index is 0.319. The highest BCUT2D eigenvalue weighted by molar-refractivity contribution is 6.30. The zero-order chi connectivity index (χ0) is 29.5. The average molecular weight is 581 g/mol. The summed E-state index contributed by atoms with van der Waals surface area (Å²) in [5, 5.41) is 34.9. The average Bonchev–Trinajstić information content (AvgIpc) is 3.52. The number of anilines is 1. The fourth-order valence-electron chi connectivity index (χ4n) is 4.42. The topological polar surface area (TPSA) is 148 Å². The summed E-state index contributed by atoms with van der Waals surface area (Å²) in [7, 11) is 0. The Morgan fingerprint density at radius 1 is 1.02 bits per heavy atom. The Balaban J connectivity index is 1.43. The van der Waals surface area contributed by atoms with Crippen molar-refractivity contribution in [2.75, 3.05) is 5.32 Å². The number of nitrogens with zero attached hydrogens (tertiary/aromatic N) is 6. The summed E-state index contributed by atoms with van der Waals surface area (Å²) in [6, 6.07) is 23.3. The van der Waals surface area contributed by atoms with Crippen molar-refractivity contribution in [3.05, 3.63) is 119 Å². The lowest BCUT2D eigenvalue weighted by Gasteiger charge is -2.21. The molecule has 3 N–H and O–H groups in total. The Bertz CT molecular complexity index is 1730. The van der Waals surface area contributed by atoms with E-state index in [1.54, 1.807) is 48.5 Å². The molecule has 0 radical (unpaired) electrons. The number of carboxylic acid groups (broad SMARTS) is 1. The van der Waals surface area contributed by atoms with Crippen LogP contribution in [0.2, 0.25) is 5.02 Å². The summed E-state index contributed by atoms with van der Waals surface area (Å²) in [5.41, 5.74) is 5.61. The fraction of sp³-hybridized carbons (Fsp3) is 0.100. The van der Waals surface area contributed by atoms with Crippen molar-refractivity contribution in [1.82, 2.24) is 35.7 Å². The molecule has 210 valence electrons. The molecule has 2 amide bonds. The van der Waals surface area contributed by atoms with Crippen LogP contribution in [0.5, 0.6) is 0 Å². The number of benzene rings is 3. The first-order valence-electron chi connectivity index (χ1n) is 12.9. The van der Waals surface area contributed by atoms with E-state index in [4.69, 9.17) is 16.7 Å².